The van der Waals surface area contributed by atoms with Gasteiger partial charge in [-0.2, -0.15) is 0 Å². The summed E-state index contributed by atoms with van der Waals surface area (Å²) in [4.78, 5) is 11.5. The van der Waals surface area contributed by atoms with Crippen molar-refractivity contribution < 1.29 is 4.79 Å². The Balaban J connectivity index is 2.04. The average molecular weight is 208 g/mol. The number of nitrogens with one attached hydrogen (secondary N) is 2. The molecule has 0 aliphatic carbocycles. The van der Waals surface area contributed by atoms with Gasteiger partial charge >= 0.3 is 0 Å². The lowest BCUT2D eigenvalue weighted by Crippen LogP contribution is -2.42. The summed E-state index contributed by atoms with van der Waals surface area (Å²) < 4.78 is 0. The second-order valence-corrected chi connectivity index (χ2v) is 4.00. The lowest BCUT2D eigenvalue weighted by molar-refractivity contribution is -0.122. The van der Waals surface area contributed by atoms with Gasteiger partial charge in [0.2, 0.25) is 5.91 Å². The number of rotatable bonds is 5. The Labute approximate surface area is 92.0 Å². The summed E-state index contributed by atoms with van der Waals surface area (Å²) >= 11 is 0. The lowest BCUT2D eigenvalue weighted by Gasteiger charge is -2.23. The second kappa shape index (κ2) is 7.30. The van der Waals surface area contributed by atoms with Gasteiger partial charge in [0.15, 0.2) is 0 Å². The largest absolute Gasteiger partial charge is 0.353 e. The molecule has 1 heterocycles. The van der Waals surface area contributed by atoms with Crippen molar-refractivity contribution in [2.24, 2.45) is 0 Å². The van der Waals surface area contributed by atoms with E-state index < -0.39 is 0 Å². The van der Waals surface area contributed by atoms with Gasteiger partial charge < -0.3 is 10.6 Å². The highest BCUT2D eigenvalue weighted by atomic mass is 16.1. The van der Waals surface area contributed by atoms with Gasteiger partial charge in [-0.25, -0.2) is 0 Å². The van der Waals surface area contributed by atoms with E-state index in [-0.39, 0.29) is 5.91 Å². The zero-order valence-corrected chi connectivity index (χ0v) is 9.22. The van der Waals surface area contributed by atoms with Crippen LogP contribution in [0.3, 0.4) is 0 Å². The molecule has 2 N–H and O–H groups in total. The van der Waals surface area contributed by atoms with Crippen LogP contribution in [0.1, 0.15) is 38.5 Å². The molecule has 0 saturated carbocycles. The van der Waals surface area contributed by atoms with E-state index in [4.69, 9.17) is 6.42 Å². The number of terminal acetylenes is 1. The van der Waals surface area contributed by atoms with E-state index in [2.05, 4.69) is 16.6 Å². The minimum Gasteiger partial charge on any atom is -0.353 e. The maximum atomic E-state index is 11.5. The molecule has 0 bridgehead atoms. The maximum Gasteiger partial charge on any atom is 0.220 e. The standard InChI is InChI=1S/C12H20N2O/c1-2-3-4-5-6-12(15)14-11-7-9-13-10-8-11/h1,11,13H,3-10H2,(H,14,15). The van der Waals surface area contributed by atoms with E-state index in [0.29, 0.717) is 12.5 Å². The van der Waals surface area contributed by atoms with Gasteiger partial charge in [0.05, 0.1) is 0 Å². The van der Waals surface area contributed by atoms with Crippen molar-refractivity contribution in [1.29, 1.82) is 0 Å². The molecule has 0 aromatic heterocycles. The molecule has 15 heavy (non-hydrogen) atoms. The quantitative estimate of drug-likeness (QED) is 0.524. The summed E-state index contributed by atoms with van der Waals surface area (Å²) in [5.41, 5.74) is 0. The highest BCUT2D eigenvalue weighted by Crippen LogP contribution is 2.04. The normalized spacial score (nSPS) is 17.0. The van der Waals surface area contributed by atoms with Crippen LogP contribution in [-0.2, 0) is 4.79 Å². The van der Waals surface area contributed by atoms with Crippen LogP contribution < -0.4 is 10.6 Å². The molecule has 1 saturated heterocycles. The highest BCUT2D eigenvalue weighted by Gasteiger charge is 2.14. The topological polar surface area (TPSA) is 41.1 Å². The molecule has 3 nitrogen and oxygen atoms in total. The van der Waals surface area contributed by atoms with Gasteiger partial charge in [-0.15, -0.1) is 12.3 Å². The fraction of sp³-hybridized carbons (Fsp3) is 0.750. The molecule has 0 unspecified atom stereocenters. The van der Waals surface area contributed by atoms with Gasteiger partial charge in [0.1, 0.15) is 0 Å². The Morgan fingerprint density at radius 3 is 2.80 bits per heavy atom. The number of carbonyl (C=O) groups is 1. The van der Waals surface area contributed by atoms with E-state index in [9.17, 15) is 4.79 Å². The lowest BCUT2D eigenvalue weighted by atomic mass is 10.1. The fourth-order valence-corrected chi connectivity index (χ4v) is 1.78. The molecule has 0 spiro atoms. The zero-order valence-electron chi connectivity index (χ0n) is 9.22. The van der Waals surface area contributed by atoms with E-state index in [1.807, 2.05) is 0 Å². The number of piperidine rings is 1. The summed E-state index contributed by atoms with van der Waals surface area (Å²) in [7, 11) is 0. The monoisotopic (exact) mass is 208 g/mol. The molecule has 0 atom stereocenters. The van der Waals surface area contributed by atoms with E-state index in [0.717, 1.165) is 45.2 Å². The number of hydrogen-bond donors (Lipinski definition) is 2. The molecular weight excluding hydrogens is 188 g/mol. The van der Waals surface area contributed by atoms with Crippen LogP contribution in [0.2, 0.25) is 0 Å². The number of amides is 1. The van der Waals surface area contributed by atoms with Crippen molar-refractivity contribution in [2.45, 2.75) is 44.6 Å². The van der Waals surface area contributed by atoms with Crippen LogP contribution >= 0.6 is 0 Å². The number of hydrogen-bond acceptors (Lipinski definition) is 2. The minimum absolute atomic E-state index is 0.180. The van der Waals surface area contributed by atoms with Crippen LogP contribution in [0.25, 0.3) is 0 Å². The average Bonchev–Trinajstić information content (AvgIpc) is 2.26. The summed E-state index contributed by atoms with van der Waals surface area (Å²) in [6, 6.07) is 0.381. The third-order valence-corrected chi connectivity index (χ3v) is 2.68. The third-order valence-electron chi connectivity index (χ3n) is 2.68. The van der Waals surface area contributed by atoms with Gasteiger partial charge in [-0.05, 0) is 38.8 Å². The smallest absolute Gasteiger partial charge is 0.220 e. The molecule has 1 amide bonds. The van der Waals surface area contributed by atoms with Crippen LogP contribution in [0, 0.1) is 12.3 Å². The van der Waals surface area contributed by atoms with E-state index in [1.54, 1.807) is 0 Å². The van der Waals surface area contributed by atoms with Crippen molar-refractivity contribution in [3.05, 3.63) is 0 Å². The van der Waals surface area contributed by atoms with Gasteiger partial charge in [0.25, 0.3) is 0 Å². The molecule has 0 radical (unpaired) electrons. The van der Waals surface area contributed by atoms with Crippen LogP contribution in [0.5, 0.6) is 0 Å². The Kier molecular flexibility index (Phi) is 5.87. The first kappa shape index (κ1) is 12.1. The molecule has 3 heteroatoms. The first-order valence-corrected chi connectivity index (χ1v) is 5.76. The first-order chi connectivity index (χ1) is 7.33. The Bertz CT molecular complexity index is 226. The summed E-state index contributed by atoms with van der Waals surface area (Å²) in [5, 5.41) is 6.34. The molecule has 1 rings (SSSR count). The predicted molar refractivity (Wildman–Crippen MR) is 61.3 cm³/mol. The van der Waals surface area contributed by atoms with E-state index in [1.165, 1.54) is 0 Å². The maximum absolute atomic E-state index is 11.5. The molecule has 1 fully saturated rings. The van der Waals surface area contributed by atoms with Crippen molar-refractivity contribution in [1.82, 2.24) is 10.6 Å². The Morgan fingerprint density at radius 1 is 1.40 bits per heavy atom. The van der Waals surface area contributed by atoms with Crippen molar-refractivity contribution >= 4 is 5.91 Å². The second-order valence-electron chi connectivity index (χ2n) is 4.00. The van der Waals surface area contributed by atoms with E-state index >= 15 is 0 Å². The Hall–Kier alpha value is -1.01. The molecule has 1 aliphatic heterocycles. The molecule has 84 valence electrons. The van der Waals surface area contributed by atoms with Gasteiger partial charge in [0, 0.05) is 18.9 Å². The van der Waals surface area contributed by atoms with Gasteiger partial charge in [-0.3, -0.25) is 4.79 Å². The third kappa shape index (κ3) is 5.44. The predicted octanol–water partition coefficient (Wildman–Crippen LogP) is 1.05. The summed E-state index contributed by atoms with van der Waals surface area (Å²) in [6.07, 6.45) is 10.5. The highest BCUT2D eigenvalue weighted by molar-refractivity contribution is 5.76. The van der Waals surface area contributed by atoms with Crippen molar-refractivity contribution in [2.75, 3.05) is 13.1 Å². The number of unbranched alkanes of at least 4 members (excludes halogenated alkanes) is 2. The summed E-state index contributed by atoms with van der Waals surface area (Å²) in [5.74, 6) is 2.76. The van der Waals surface area contributed by atoms with Crippen LogP contribution in [0.4, 0.5) is 0 Å². The fourth-order valence-electron chi connectivity index (χ4n) is 1.78. The van der Waals surface area contributed by atoms with Gasteiger partial charge in [-0.1, -0.05) is 0 Å². The molecular formula is C12H20N2O. The van der Waals surface area contributed by atoms with Crippen LogP contribution in [0.15, 0.2) is 0 Å². The molecule has 0 aromatic rings. The number of carbonyl (C=O) groups excluding carboxylic acids is 1. The minimum atomic E-state index is 0.180. The zero-order chi connectivity index (χ0) is 10.9. The molecule has 1 aliphatic rings. The summed E-state index contributed by atoms with van der Waals surface area (Å²) in [6.45, 7) is 2.03. The first-order valence-electron chi connectivity index (χ1n) is 5.76. The molecule has 0 aromatic carbocycles. The van der Waals surface area contributed by atoms with Crippen molar-refractivity contribution in [3.8, 4) is 12.3 Å². The Morgan fingerprint density at radius 2 is 2.13 bits per heavy atom. The SMILES string of the molecule is C#CCCCCC(=O)NC1CCNCC1. The van der Waals surface area contributed by atoms with Crippen molar-refractivity contribution in [3.63, 3.8) is 0 Å². The van der Waals surface area contributed by atoms with Crippen LogP contribution in [-0.4, -0.2) is 25.0 Å².